The molecule has 1 aliphatic rings. The lowest BCUT2D eigenvalue weighted by Crippen LogP contribution is -2.40. The lowest BCUT2D eigenvalue weighted by molar-refractivity contribution is -0.0248. The lowest BCUT2D eigenvalue weighted by atomic mass is 9.84. The summed E-state index contributed by atoms with van der Waals surface area (Å²) in [4.78, 5) is 12.2. The first-order valence-electron chi connectivity index (χ1n) is 6.87. The zero-order valence-corrected chi connectivity index (χ0v) is 12.8. The molecule has 0 radical (unpaired) electrons. The van der Waals surface area contributed by atoms with E-state index in [1.54, 1.807) is 20.3 Å². The molecule has 110 valence electrons. The fourth-order valence-electron chi connectivity index (χ4n) is 2.95. The van der Waals surface area contributed by atoms with Gasteiger partial charge in [0.1, 0.15) is 5.60 Å². The number of benzene rings is 1. The van der Waals surface area contributed by atoms with E-state index in [0.717, 1.165) is 12.0 Å². The van der Waals surface area contributed by atoms with Crippen LogP contribution in [0.4, 0.5) is 0 Å². The Bertz CT molecular complexity index is 521. The van der Waals surface area contributed by atoms with Gasteiger partial charge in [0.2, 0.25) is 0 Å². The smallest absolute Gasteiger partial charge is 0.339 e. The standard InChI is InChI=1S/C16H22O4/c1-10(2)8-16(3)9-11-6-13(18-4)14(19-5)7-12(11)15(17)20-16/h6-7,10H,8-9H2,1-5H3. The van der Waals surface area contributed by atoms with Crippen molar-refractivity contribution in [1.82, 2.24) is 0 Å². The molecule has 0 aliphatic carbocycles. The van der Waals surface area contributed by atoms with E-state index in [9.17, 15) is 4.79 Å². The van der Waals surface area contributed by atoms with E-state index in [-0.39, 0.29) is 5.97 Å². The van der Waals surface area contributed by atoms with Gasteiger partial charge in [0.25, 0.3) is 0 Å². The first kappa shape index (κ1) is 14.7. The van der Waals surface area contributed by atoms with Gasteiger partial charge in [-0.1, -0.05) is 13.8 Å². The van der Waals surface area contributed by atoms with Crippen molar-refractivity contribution in [2.24, 2.45) is 5.92 Å². The summed E-state index contributed by atoms with van der Waals surface area (Å²) >= 11 is 0. The molecule has 20 heavy (non-hydrogen) atoms. The van der Waals surface area contributed by atoms with E-state index >= 15 is 0 Å². The molecule has 1 aliphatic heterocycles. The Hall–Kier alpha value is -1.71. The van der Waals surface area contributed by atoms with Crippen molar-refractivity contribution < 1.29 is 19.0 Å². The lowest BCUT2D eigenvalue weighted by Gasteiger charge is -2.36. The van der Waals surface area contributed by atoms with Crippen molar-refractivity contribution >= 4 is 5.97 Å². The van der Waals surface area contributed by atoms with Gasteiger partial charge in [0, 0.05) is 6.42 Å². The van der Waals surface area contributed by atoms with Crippen LogP contribution in [-0.4, -0.2) is 25.8 Å². The van der Waals surface area contributed by atoms with E-state index in [0.29, 0.717) is 29.4 Å². The summed E-state index contributed by atoms with van der Waals surface area (Å²) in [6.07, 6.45) is 1.54. The highest BCUT2D eigenvalue weighted by molar-refractivity contribution is 5.93. The van der Waals surface area contributed by atoms with Gasteiger partial charge in [-0.2, -0.15) is 0 Å². The van der Waals surface area contributed by atoms with Gasteiger partial charge in [-0.3, -0.25) is 0 Å². The molecule has 1 aromatic rings. The molecule has 1 aromatic carbocycles. The van der Waals surface area contributed by atoms with Crippen LogP contribution in [0.1, 0.15) is 43.1 Å². The van der Waals surface area contributed by atoms with Gasteiger partial charge in [-0.15, -0.1) is 0 Å². The highest BCUT2D eigenvalue weighted by Gasteiger charge is 2.37. The third kappa shape index (κ3) is 2.74. The van der Waals surface area contributed by atoms with Gasteiger partial charge in [-0.25, -0.2) is 4.79 Å². The van der Waals surface area contributed by atoms with E-state index in [2.05, 4.69) is 13.8 Å². The van der Waals surface area contributed by atoms with Crippen LogP contribution in [0.2, 0.25) is 0 Å². The number of ether oxygens (including phenoxy) is 3. The van der Waals surface area contributed by atoms with Crippen LogP contribution < -0.4 is 9.47 Å². The van der Waals surface area contributed by atoms with Crippen LogP contribution in [0.5, 0.6) is 11.5 Å². The first-order chi connectivity index (χ1) is 9.38. The van der Waals surface area contributed by atoms with Crippen molar-refractivity contribution in [3.8, 4) is 11.5 Å². The maximum Gasteiger partial charge on any atom is 0.339 e. The summed E-state index contributed by atoms with van der Waals surface area (Å²) in [7, 11) is 3.15. The summed E-state index contributed by atoms with van der Waals surface area (Å²) in [6, 6.07) is 3.58. The summed E-state index contributed by atoms with van der Waals surface area (Å²) in [5.41, 5.74) is 1.09. The minimum Gasteiger partial charge on any atom is -0.493 e. The molecule has 0 fully saturated rings. The van der Waals surface area contributed by atoms with Crippen LogP contribution in [0, 0.1) is 5.92 Å². The first-order valence-corrected chi connectivity index (χ1v) is 6.87. The minimum atomic E-state index is -0.447. The van der Waals surface area contributed by atoms with E-state index in [1.807, 2.05) is 13.0 Å². The fourth-order valence-corrected chi connectivity index (χ4v) is 2.95. The molecular formula is C16H22O4. The quantitative estimate of drug-likeness (QED) is 0.793. The SMILES string of the molecule is COc1cc2c(cc1OC)C(=O)OC(C)(CC(C)C)C2. The minimum absolute atomic E-state index is 0.282. The average Bonchev–Trinajstić information content (AvgIpc) is 2.35. The van der Waals surface area contributed by atoms with Crippen molar-refractivity contribution in [2.75, 3.05) is 14.2 Å². The van der Waals surface area contributed by atoms with Crippen LogP contribution in [0.15, 0.2) is 12.1 Å². The molecule has 4 nitrogen and oxygen atoms in total. The van der Waals surface area contributed by atoms with Crippen molar-refractivity contribution in [2.45, 2.75) is 39.2 Å². The molecule has 1 atom stereocenters. The Morgan fingerprint density at radius 3 is 2.40 bits per heavy atom. The molecule has 4 heteroatoms. The predicted molar refractivity (Wildman–Crippen MR) is 76.5 cm³/mol. The second-order valence-corrected chi connectivity index (χ2v) is 5.98. The molecule has 2 rings (SSSR count). The molecule has 0 saturated carbocycles. The van der Waals surface area contributed by atoms with Gasteiger partial charge in [-0.05, 0) is 37.0 Å². The van der Waals surface area contributed by atoms with Crippen molar-refractivity contribution in [3.05, 3.63) is 23.3 Å². The number of methoxy groups -OCH3 is 2. The molecule has 1 unspecified atom stereocenters. The molecule has 0 aromatic heterocycles. The number of hydrogen-bond donors (Lipinski definition) is 0. The zero-order chi connectivity index (χ0) is 14.9. The average molecular weight is 278 g/mol. The van der Waals surface area contributed by atoms with Gasteiger partial charge >= 0.3 is 5.97 Å². The third-order valence-electron chi connectivity index (χ3n) is 3.57. The maximum atomic E-state index is 12.2. The molecule has 0 saturated heterocycles. The van der Waals surface area contributed by atoms with E-state index in [4.69, 9.17) is 14.2 Å². The predicted octanol–water partition coefficient (Wildman–Crippen LogP) is 3.22. The number of fused-ring (bicyclic) bond motifs is 1. The normalized spacial score (nSPS) is 21.4. The largest absolute Gasteiger partial charge is 0.493 e. The third-order valence-corrected chi connectivity index (χ3v) is 3.57. The Morgan fingerprint density at radius 2 is 1.85 bits per heavy atom. The van der Waals surface area contributed by atoms with Crippen molar-refractivity contribution in [3.63, 3.8) is 0 Å². The molecular weight excluding hydrogens is 256 g/mol. The monoisotopic (exact) mass is 278 g/mol. The second kappa shape index (κ2) is 5.35. The van der Waals surface area contributed by atoms with Crippen LogP contribution >= 0.6 is 0 Å². The zero-order valence-electron chi connectivity index (χ0n) is 12.8. The van der Waals surface area contributed by atoms with Crippen LogP contribution in [0.25, 0.3) is 0 Å². The van der Waals surface area contributed by atoms with Gasteiger partial charge < -0.3 is 14.2 Å². The summed E-state index contributed by atoms with van der Waals surface area (Å²) in [5, 5.41) is 0. The molecule has 0 N–H and O–H groups in total. The maximum absolute atomic E-state index is 12.2. The summed E-state index contributed by atoms with van der Waals surface area (Å²) < 4.78 is 16.2. The Morgan fingerprint density at radius 1 is 1.25 bits per heavy atom. The summed E-state index contributed by atoms with van der Waals surface area (Å²) in [5.74, 6) is 1.38. The van der Waals surface area contributed by atoms with Crippen LogP contribution in [-0.2, 0) is 11.2 Å². The highest BCUT2D eigenvalue weighted by atomic mass is 16.6. The fraction of sp³-hybridized carbons (Fsp3) is 0.562. The second-order valence-electron chi connectivity index (χ2n) is 5.98. The molecule has 1 heterocycles. The summed E-state index contributed by atoms with van der Waals surface area (Å²) in [6.45, 7) is 6.25. The number of esters is 1. The Kier molecular flexibility index (Phi) is 3.93. The molecule has 0 spiro atoms. The van der Waals surface area contributed by atoms with E-state index < -0.39 is 5.60 Å². The van der Waals surface area contributed by atoms with Crippen molar-refractivity contribution in [1.29, 1.82) is 0 Å². The number of carbonyl (C=O) groups excluding carboxylic acids is 1. The van der Waals surface area contributed by atoms with Gasteiger partial charge in [0.05, 0.1) is 19.8 Å². The number of cyclic esters (lactones) is 1. The topological polar surface area (TPSA) is 44.8 Å². The Balaban J connectivity index is 2.42. The number of hydrogen-bond acceptors (Lipinski definition) is 4. The van der Waals surface area contributed by atoms with E-state index in [1.165, 1.54) is 0 Å². The molecule has 0 amide bonds. The highest BCUT2D eigenvalue weighted by Crippen LogP contribution is 2.38. The number of carbonyl (C=O) groups is 1. The number of rotatable bonds is 4. The Labute approximate surface area is 120 Å². The van der Waals surface area contributed by atoms with Gasteiger partial charge in [0.15, 0.2) is 11.5 Å². The van der Waals surface area contributed by atoms with Crippen LogP contribution in [0.3, 0.4) is 0 Å². The molecule has 0 bridgehead atoms.